The molecule has 1 fully saturated rings. The van der Waals surface area contributed by atoms with Crippen molar-refractivity contribution in [3.63, 3.8) is 0 Å². The van der Waals surface area contributed by atoms with Gasteiger partial charge in [-0.2, -0.15) is 0 Å². The number of methoxy groups -OCH3 is 2. The van der Waals surface area contributed by atoms with Crippen LogP contribution in [0.2, 0.25) is 0 Å². The minimum absolute atomic E-state index is 0.0273. The maximum Gasteiger partial charge on any atom is 0.255 e. The Labute approximate surface area is 207 Å². The van der Waals surface area contributed by atoms with Gasteiger partial charge in [-0.15, -0.1) is 0 Å². The molecule has 0 bridgehead atoms. The number of ether oxygens (including phenoxy) is 3. The van der Waals surface area contributed by atoms with Crippen LogP contribution in [0.15, 0.2) is 60.8 Å². The van der Waals surface area contributed by atoms with Crippen LogP contribution < -0.4 is 9.47 Å². The summed E-state index contributed by atoms with van der Waals surface area (Å²) in [6, 6.07) is 17.8. The number of aromatic nitrogens is 1. The molecule has 0 saturated carbocycles. The summed E-state index contributed by atoms with van der Waals surface area (Å²) in [5, 5.41) is 0. The maximum absolute atomic E-state index is 13.5. The molecule has 2 heterocycles. The summed E-state index contributed by atoms with van der Waals surface area (Å²) in [6.45, 7) is 3.96. The van der Waals surface area contributed by atoms with Gasteiger partial charge in [-0.05, 0) is 43.0 Å². The number of benzene rings is 2. The van der Waals surface area contributed by atoms with E-state index in [9.17, 15) is 4.79 Å². The molecular weight excluding hydrogens is 440 g/mol. The molecule has 0 N–H and O–H groups in total. The molecule has 1 atom stereocenters. The third-order valence-electron chi connectivity index (χ3n) is 6.44. The maximum atomic E-state index is 13.5. The third-order valence-corrected chi connectivity index (χ3v) is 6.44. The second-order valence-corrected chi connectivity index (χ2v) is 8.82. The Morgan fingerprint density at radius 1 is 1.06 bits per heavy atom. The van der Waals surface area contributed by atoms with Gasteiger partial charge in [-0.25, -0.2) is 0 Å². The second-order valence-electron chi connectivity index (χ2n) is 8.82. The first-order valence-corrected chi connectivity index (χ1v) is 12.3. The summed E-state index contributed by atoms with van der Waals surface area (Å²) in [5.74, 6) is 1.37. The van der Waals surface area contributed by atoms with Gasteiger partial charge in [-0.3, -0.25) is 9.78 Å². The van der Waals surface area contributed by atoms with Crippen molar-refractivity contribution in [1.29, 1.82) is 0 Å². The molecule has 184 valence electrons. The molecule has 6 heteroatoms. The molecule has 6 nitrogen and oxygen atoms in total. The van der Waals surface area contributed by atoms with Crippen molar-refractivity contribution in [3.05, 3.63) is 77.6 Å². The van der Waals surface area contributed by atoms with Gasteiger partial charge in [-0.1, -0.05) is 49.7 Å². The Bertz CT molecular complexity index is 1110. The van der Waals surface area contributed by atoms with E-state index in [1.807, 2.05) is 47.4 Å². The van der Waals surface area contributed by atoms with E-state index < -0.39 is 0 Å². The van der Waals surface area contributed by atoms with E-state index >= 15 is 0 Å². The lowest BCUT2D eigenvalue weighted by molar-refractivity contribution is 0.0437. The van der Waals surface area contributed by atoms with Crippen LogP contribution in [-0.2, 0) is 17.8 Å². The van der Waals surface area contributed by atoms with Crippen molar-refractivity contribution < 1.29 is 19.0 Å². The number of rotatable bonds is 10. The number of hydrogen-bond donors (Lipinski definition) is 0. The molecule has 0 spiro atoms. The zero-order valence-electron chi connectivity index (χ0n) is 20.8. The first kappa shape index (κ1) is 24.7. The molecule has 1 aromatic heterocycles. The Morgan fingerprint density at radius 3 is 2.49 bits per heavy atom. The van der Waals surface area contributed by atoms with Crippen LogP contribution in [0.3, 0.4) is 0 Å². The van der Waals surface area contributed by atoms with Gasteiger partial charge in [0, 0.05) is 30.5 Å². The van der Waals surface area contributed by atoms with Crippen LogP contribution in [0.1, 0.15) is 47.8 Å². The van der Waals surface area contributed by atoms with Gasteiger partial charge >= 0.3 is 0 Å². The predicted molar refractivity (Wildman–Crippen MR) is 137 cm³/mol. The van der Waals surface area contributed by atoms with Crippen molar-refractivity contribution in [1.82, 2.24) is 9.88 Å². The van der Waals surface area contributed by atoms with E-state index in [4.69, 9.17) is 19.2 Å². The molecule has 1 saturated heterocycles. The number of nitrogens with zero attached hydrogens (tertiary/aromatic N) is 2. The second kappa shape index (κ2) is 11.8. The Morgan fingerprint density at radius 2 is 1.80 bits per heavy atom. The summed E-state index contributed by atoms with van der Waals surface area (Å²) in [5.41, 5.74) is 4.36. The van der Waals surface area contributed by atoms with Gasteiger partial charge in [0.2, 0.25) is 0 Å². The van der Waals surface area contributed by atoms with Crippen LogP contribution in [0.5, 0.6) is 11.5 Å². The monoisotopic (exact) mass is 474 g/mol. The zero-order valence-corrected chi connectivity index (χ0v) is 20.8. The van der Waals surface area contributed by atoms with Crippen molar-refractivity contribution in [2.75, 3.05) is 27.3 Å². The summed E-state index contributed by atoms with van der Waals surface area (Å²) in [7, 11) is 3.29. The molecule has 0 radical (unpaired) electrons. The van der Waals surface area contributed by atoms with E-state index in [0.717, 1.165) is 48.1 Å². The smallest absolute Gasteiger partial charge is 0.255 e. The number of carbonyl (C=O) groups is 1. The molecule has 1 amide bonds. The predicted octanol–water partition coefficient (Wildman–Crippen LogP) is 5.54. The van der Waals surface area contributed by atoms with Gasteiger partial charge in [0.05, 0.1) is 38.1 Å². The fraction of sp³-hybridized carbons (Fsp3) is 0.379. The van der Waals surface area contributed by atoms with E-state index in [1.54, 1.807) is 20.4 Å². The Kier molecular flexibility index (Phi) is 8.37. The highest BCUT2D eigenvalue weighted by molar-refractivity contribution is 5.96. The zero-order chi connectivity index (χ0) is 24.6. The lowest BCUT2D eigenvalue weighted by atomic mass is 9.97. The summed E-state index contributed by atoms with van der Waals surface area (Å²) in [6.07, 6.45) is 5.45. The van der Waals surface area contributed by atoms with Crippen LogP contribution >= 0.6 is 0 Å². The van der Waals surface area contributed by atoms with Crippen LogP contribution in [0.4, 0.5) is 0 Å². The minimum atomic E-state index is -0.0273. The van der Waals surface area contributed by atoms with Gasteiger partial charge in [0.15, 0.2) is 0 Å². The van der Waals surface area contributed by atoms with Crippen molar-refractivity contribution >= 4 is 5.91 Å². The minimum Gasteiger partial charge on any atom is -0.496 e. The summed E-state index contributed by atoms with van der Waals surface area (Å²) < 4.78 is 17.4. The highest BCUT2D eigenvalue weighted by atomic mass is 16.5. The number of unbranched alkanes of at least 4 members (excludes halogenated alkanes) is 1. The normalized spacial score (nSPS) is 15.3. The largest absolute Gasteiger partial charge is 0.496 e. The first-order chi connectivity index (χ1) is 17.1. The number of amides is 1. The fourth-order valence-corrected chi connectivity index (χ4v) is 4.51. The van der Waals surface area contributed by atoms with Crippen molar-refractivity contribution in [3.8, 4) is 22.6 Å². The number of likely N-dealkylation sites (tertiary alicyclic amines) is 1. The highest BCUT2D eigenvalue weighted by Gasteiger charge is 2.29. The lowest BCUT2D eigenvalue weighted by Gasteiger charge is -2.19. The molecule has 4 rings (SSSR count). The van der Waals surface area contributed by atoms with Crippen LogP contribution in [0, 0.1) is 0 Å². The fourth-order valence-electron chi connectivity index (χ4n) is 4.51. The molecule has 2 aromatic carbocycles. The Balaban J connectivity index is 1.56. The summed E-state index contributed by atoms with van der Waals surface area (Å²) >= 11 is 0. The quantitative estimate of drug-likeness (QED) is 0.386. The molecule has 1 aliphatic rings. The lowest BCUT2D eigenvalue weighted by Crippen LogP contribution is -2.30. The molecule has 1 aliphatic heterocycles. The van der Waals surface area contributed by atoms with Gasteiger partial charge < -0.3 is 19.1 Å². The first-order valence-electron chi connectivity index (χ1n) is 12.3. The standard InChI is InChI=1S/C29H34N2O4/c1-4-5-12-25-24(28-26(33-2)13-9-14-27(28)34-3)17-22(18-30-25)29(32)31-16-15-23(19-31)35-20-21-10-7-6-8-11-21/h6-11,13-14,17-18,23H,4-5,12,15-16,19-20H2,1-3H3/t23-/m0/s1. The average molecular weight is 475 g/mol. The molecule has 0 aliphatic carbocycles. The number of hydrogen-bond acceptors (Lipinski definition) is 5. The van der Waals surface area contributed by atoms with Gasteiger partial charge in [0.1, 0.15) is 11.5 Å². The van der Waals surface area contributed by atoms with Crippen LogP contribution in [0.25, 0.3) is 11.1 Å². The van der Waals surface area contributed by atoms with E-state index in [2.05, 4.69) is 19.1 Å². The molecule has 0 unspecified atom stereocenters. The number of pyridine rings is 1. The molecule has 3 aromatic rings. The topological polar surface area (TPSA) is 60.9 Å². The Hall–Kier alpha value is -3.38. The third kappa shape index (κ3) is 5.82. The number of aryl methyl sites for hydroxylation is 1. The molecule has 35 heavy (non-hydrogen) atoms. The average Bonchev–Trinajstić information content (AvgIpc) is 3.39. The van der Waals surface area contributed by atoms with Crippen molar-refractivity contribution in [2.45, 2.75) is 45.3 Å². The number of carbonyl (C=O) groups excluding carboxylic acids is 1. The highest BCUT2D eigenvalue weighted by Crippen LogP contribution is 2.40. The van der Waals surface area contributed by atoms with Crippen LogP contribution in [-0.4, -0.2) is 49.2 Å². The molecular formula is C29H34N2O4. The van der Waals surface area contributed by atoms with Gasteiger partial charge in [0.25, 0.3) is 5.91 Å². The van der Waals surface area contributed by atoms with E-state index in [0.29, 0.717) is 36.8 Å². The van der Waals surface area contributed by atoms with Crippen molar-refractivity contribution in [2.24, 2.45) is 0 Å². The van der Waals surface area contributed by atoms with E-state index in [-0.39, 0.29) is 12.0 Å². The summed E-state index contributed by atoms with van der Waals surface area (Å²) in [4.78, 5) is 20.1. The van der Waals surface area contributed by atoms with E-state index in [1.165, 1.54) is 0 Å². The SMILES string of the molecule is CCCCc1ncc(C(=O)N2CC[C@H](OCc3ccccc3)C2)cc1-c1c(OC)cccc1OC.